The Hall–Kier alpha value is -3.39. The van der Waals surface area contributed by atoms with Gasteiger partial charge in [0.05, 0.1) is 25.6 Å². The van der Waals surface area contributed by atoms with Crippen molar-refractivity contribution in [3.63, 3.8) is 0 Å². The molecule has 7 nitrogen and oxygen atoms in total. The van der Waals surface area contributed by atoms with E-state index in [4.69, 9.17) is 15.2 Å². The summed E-state index contributed by atoms with van der Waals surface area (Å²) in [6, 6.07) is 15.2. The van der Waals surface area contributed by atoms with Crippen LogP contribution in [0.2, 0.25) is 0 Å². The van der Waals surface area contributed by atoms with Gasteiger partial charge < -0.3 is 15.2 Å². The van der Waals surface area contributed by atoms with Crippen molar-refractivity contribution in [3.05, 3.63) is 53.9 Å². The summed E-state index contributed by atoms with van der Waals surface area (Å²) in [4.78, 5) is 4.67. The molecular weight excluding hydrogens is 362 g/mol. The normalized spacial score (nSPS) is 10.7. The lowest BCUT2D eigenvalue weighted by Crippen LogP contribution is -2.02. The number of nitrogens with two attached hydrogens (primary N) is 1. The van der Waals surface area contributed by atoms with Gasteiger partial charge in [0.25, 0.3) is 0 Å². The molecule has 0 aliphatic carbocycles. The number of ether oxygens (including phenoxy) is 2. The first-order valence-electron chi connectivity index (χ1n) is 8.15. The van der Waals surface area contributed by atoms with Gasteiger partial charge in [-0.25, -0.2) is 4.98 Å². The highest BCUT2D eigenvalue weighted by molar-refractivity contribution is 7.13. The van der Waals surface area contributed by atoms with Crippen molar-refractivity contribution in [1.82, 2.24) is 20.0 Å². The fraction of sp³-hybridized carbons (Fsp3) is 0.105. The van der Waals surface area contributed by atoms with Crippen LogP contribution in [-0.4, -0.2) is 34.2 Å². The van der Waals surface area contributed by atoms with Crippen LogP contribution in [0.4, 0.5) is 5.82 Å². The molecule has 27 heavy (non-hydrogen) atoms. The van der Waals surface area contributed by atoms with Crippen LogP contribution >= 0.6 is 11.3 Å². The maximum absolute atomic E-state index is 6.30. The molecule has 8 heteroatoms. The molecule has 2 aromatic carbocycles. The summed E-state index contributed by atoms with van der Waals surface area (Å²) >= 11 is 1.47. The maximum atomic E-state index is 6.30. The number of nitrogens with zero attached hydrogens (tertiary/aromatic N) is 4. The Morgan fingerprint density at radius 3 is 2.52 bits per heavy atom. The van der Waals surface area contributed by atoms with Crippen LogP contribution in [0, 0.1) is 0 Å². The Labute approximate surface area is 160 Å². The van der Waals surface area contributed by atoms with E-state index in [1.165, 1.54) is 11.3 Å². The van der Waals surface area contributed by atoms with Crippen LogP contribution in [0.5, 0.6) is 11.5 Å². The van der Waals surface area contributed by atoms with Crippen LogP contribution in [0.1, 0.15) is 0 Å². The topological polar surface area (TPSA) is 88.1 Å². The zero-order chi connectivity index (χ0) is 18.8. The number of hydrogen-bond acceptors (Lipinski definition) is 7. The van der Waals surface area contributed by atoms with Crippen molar-refractivity contribution in [3.8, 4) is 39.1 Å². The minimum atomic E-state index is 0.426. The van der Waals surface area contributed by atoms with Gasteiger partial charge in [0.1, 0.15) is 16.5 Å². The van der Waals surface area contributed by atoms with E-state index in [1.54, 1.807) is 18.9 Å². The Morgan fingerprint density at radius 1 is 1.00 bits per heavy atom. The number of thiazole rings is 1. The molecule has 0 fully saturated rings. The standard InChI is InChI=1S/C19H17N5O2S/c1-25-14-7-3-5-12(9-14)16-11-27-19(21-16)17-18(20)24(23-22-17)13-6-4-8-15(10-13)26-2/h3-11H,20H2,1-2H3. The molecule has 2 heterocycles. The lowest BCUT2D eigenvalue weighted by molar-refractivity contribution is 0.414. The Balaban J connectivity index is 1.69. The number of aromatic nitrogens is 4. The van der Waals surface area contributed by atoms with E-state index < -0.39 is 0 Å². The van der Waals surface area contributed by atoms with Crippen LogP contribution in [0.3, 0.4) is 0 Å². The van der Waals surface area contributed by atoms with E-state index in [0.29, 0.717) is 16.5 Å². The molecule has 4 rings (SSSR count). The molecule has 0 radical (unpaired) electrons. The highest BCUT2D eigenvalue weighted by Gasteiger charge is 2.17. The van der Waals surface area contributed by atoms with Crippen molar-refractivity contribution in [2.24, 2.45) is 0 Å². The number of rotatable bonds is 5. The van der Waals surface area contributed by atoms with E-state index in [9.17, 15) is 0 Å². The molecular formula is C19H17N5O2S. The monoisotopic (exact) mass is 379 g/mol. The minimum Gasteiger partial charge on any atom is -0.497 e. The summed E-state index contributed by atoms with van der Waals surface area (Å²) in [5.74, 6) is 1.93. The number of methoxy groups -OCH3 is 2. The molecule has 0 saturated heterocycles. The fourth-order valence-corrected chi connectivity index (χ4v) is 3.49. The van der Waals surface area contributed by atoms with Crippen LogP contribution in [-0.2, 0) is 0 Å². The first-order chi connectivity index (χ1) is 13.2. The van der Waals surface area contributed by atoms with Crippen molar-refractivity contribution in [2.45, 2.75) is 0 Å². The van der Waals surface area contributed by atoms with Crippen molar-refractivity contribution < 1.29 is 9.47 Å². The lowest BCUT2D eigenvalue weighted by Gasteiger charge is -2.05. The van der Waals surface area contributed by atoms with Gasteiger partial charge in [0.15, 0.2) is 11.5 Å². The Morgan fingerprint density at radius 2 is 1.74 bits per heavy atom. The second-order valence-electron chi connectivity index (χ2n) is 5.71. The molecule has 0 aliphatic rings. The quantitative estimate of drug-likeness (QED) is 0.569. The van der Waals surface area contributed by atoms with Gasteiger partial charge in [-0.05, 0) is 24.3 Å². The lowest BCUT2D eigenvalue weighted by atomic mass is 10.2. The van der Waals surface area contributed by atoms with Crippen LogP contribution in [0.25, 0.3) is 27.6 Å². The molecule has 136 valence electrons. The summed E-state index contributed by atoms with van der Waals surface area (Å²) in [6.07, 6.45) is 0. The number of nitrogen functional groups attached to an aromatic ring is 1. The summed E-state index contributed by atoms with van der Waals surface area (Å²) in [5, 5.41) is 11.1. The van der Waals surface area contributed by atoms with Crippen molar-refractivity contribution >= 4 is 17.2 Å². The van der Waals surface area contributed by atoms with Gasteiger partial charge >= 0.3 is 0 Å². The molecule has 0 unspecified atom stereocenters. The Bertz CT molecular complexity index is 1090. The van der Waals surface area contributed by atoms with Gasteiger partial charge in [0, 0.05) is 17.0 Å². The molecule has 0 atom stereocenters. The van der Waals surface area contributed by atoms with Crippen molar-refractivity contribution in [2.75, 3.05) is 20.0 Å². The smallest absolute Gasteiger partial charge is 0.165 e. The molecule has 4 aromatic rings. The second kappa shape index (κ2) is 7.08. The molecule has 0 aliphatic heterocycles. The van der Waals surface area contributed by atoms with Gasteiger partial charge in [0.2, 0.25) is 0 Å². The molecule has 0 bridgehead atoms. The molecule has 2 aromatic heterocycles. The molecule has 2 N–H and O–H groups in total. The third-order valence-corrected chi connectivity index (χ3v) is 4.92. The zero-order valence-corrected chi connectivity index (χ0v) is 15.6. The van der Waals surface area contributed by atoms with Crippen LogP contribution < -0.4 is 15.2 Å². The van der Waals surface area contributed by atoms with Gasteiger partial charge in [-0.3, -0.25) is 0 Å². The molecule has 0 amide bonds. The average molecular weight is 379 g/mol. The SMILES string of the molecule is COc1cccc(-c2csc(-c3nnn(-c4cccc(OC)c4)c3N)n2)c1. The summed E-state index contributed by atoms with van der Waals surface area (Å²) in [6.45, 7) is 0. The van der Waals surface area contributed by atoms with E-state index in [1.807, 2.05) is 53.9 Å². The highest BCUT2D eigenvalue weighted by Crippen LogP contribution is 2.32. The van der Waals surface area contributed by atoms with Crippen molar-refractivity contribution in [1.29, 1.82) is 0 Å². The average Bonchev–Trinajstić information content (AvgIpc) is 3.35. The largest absolute Gasteiger partial charge is 0.497 e. The maximum Gasteiger partial charge on any atom is 0.165 e. The summed E-state index contributed by atoms with van der Waals surface area (Å²) in [7, 11) is 3.26. The first kappa shape index (κ1) is 17.0. The third kappa shape index (κ3) is 3.22. The second-order valence-corrected chi connectivity index (χ2v) is 6.56. The molecule has 0 spiro atoms. The van der Waals surface area contributed by atoms with Gasteiger partial charge in [-0.15, -0.1) is 16.4 Å². The fourth-order valence-electron chi connectivity index (χ4n) is 2.67. The summed E-state index contributed by atoms with van der Waals surface area (Å²) < 4.78 is 12.1. The van der Waals surface area contributed by atoms with Gasteiger partial charge in [-0.2, -0.15) is 4.68 Å². The zero-order valence-electron chi connectivity index (χ0n) is 14.8. The number of anilines is 1. The predicted octanol–water partition coefficient (Wildman–Crippen LogP) is 3.66. The van der Waals surface area contributed by atoms with Crippen LogP contribution in [0.15, 0.2) is 53.9 Å². The van der Waals surface area contributed by atoms with E-state index >= 15 is 0 Å². The highest BCUT2D eigenvalue weighted by atomic mass is 32.1. The van der Waals surface area contributed by atoms with E-state index in [0.717, 1.165) is 28.4 Å². The number of benzene rings is 2. The number of hydrogen-bond donors (Lipinski definition) is 1. The van der Waals surface area contributed by atoms with E-state index in [-0.39, 0.29) is 0 Å². The van der Waals surface area contributed by atoms with Gasteiger partial charge in [-0.1, -0.05) is 23.4 Å². The molecule has 0 saturated carbocycles. The van der Waals surface area contributed by atoms with E-state index in [2.05, 4.69) is 15.3 Å². The minimum absolute atomic E-state index is 0.426. The Kier molecular flexibility index (Phi) is 4.47. The summed E-state index contributed by atoms with van der Waals surface area (Å²) in [5.41, 5.74) is 9.43. The first-order valence-corrected chi connectivity index (χ1v) is 9.03. The third-order valence-electron chi connectivity index (χ3n) is 4.08. The predicted molar refractivity (Wildman–Crippen MR) is 105 cm³/mol.